The third-order valence-electron chi connectivity index (χ3n) is 7.55. The summed E-state index contributed by atoms with van der Waals surface area (Å²) in [5.74, 6) is 0. The van der Waals surface area contributed by atoms with Gasteiger partial charge in [0.05, 0.1) is 36.4 Å². The van der Waals surface area contributed by atoms with Gasteiger partial charge in [0.2, 0.25) is 0 Å². The van der Waals surface area contributed by atoms with Crippen molar-refractivity contribution in [2.75, 3.05) is 7.05 Å². The highest BCUT2D eigenvalue weighted by Gasteiger charge is 2.53. The van der Waals surface area contributed by atoms with E-state index < -0.39 is 91.9 Å². The van der Waals surface area contributed by atoms with Gasteiger partial charge in [0.15, 0.2) is 18.9 Å². The highest BCUT2D eigenvalue weighted by atomic mass is 16.8. The van der Waals surface area contributed by atoms with Gasteiger partial charge in [-0.2, -0.15) is 0 Å². The number of aliphatic hydroxyl groups excluding tert-OH is 4. The average molecular weight is 508 g/mol. The van der Waals surface area contributed by atoms with Gasteiger partial charge in [-0.15, -0.1) is 0 Å². The molecule has 204 valence electrons. The van der Waals surface area contributed by atoms with Gasteiger partial charge in [-0.05, 0) is 33.2 Å². The second-order valence-corrected chi connectivity index (χ2v) is 10.2. The average Bonchev–Trinajstić information content (AvgIpc) is 2.79. The van der Waals surface area contributed by atoms with Crippen LogP contribution in [0.2, 0.25) is 0 Å². The van der Waals surface area contributed by atoms with E-state index in [1.54, 1.807) is 14.0 Å². The molecule has 1 aliphatic carbocycles. The van der Waals surface area contributed by atoms with E-state index in [0.29, 0.717) is 12.8 Å². The normalized spacial score (nSPS) is 55.4. The number of likely N-dealkylation sites (N-methyl/N-ethyl adjacent to an activating group) is 1. The highest BCUT2D eigenvalue weighted by molar-refractivity contribution is 5.00. The van der Waals surface area contributed by atoms with Gasteiger partial charge in [0, 0.05) is 12.1 Å². The molecule has 3 heterocycles. The first kappa shape index (κ1) is 27.5. The van der Waals surface area contributed by atoms with E-state index in [9.17, 15) is 20.4 Å². The van der Waals surface area contributed by atoms with Gasteiger partial charge in [-0.1, -0.05) is 0 Å². The van der Waals surface area contributed by atoms with Crippen LogP contribution in [0.15, 0.2) is 0 Å². The van der Waals surface area contributed by atoms with E-state index >= 15 is 0 Å². The van der Waals surface area contributed by atoms with Gasteiger partial charge in [-0.3, -0.25) is 0 Å². The predicted molar refractivity (Wildman–Crippen MR) is 120 cm³/mol. The summed E-state index contributed by atoms with van der Waals surface area (Å²) in [6, 6.07) is -2.88. The standard InChI is InChI=1S/C21H41N5O9/c1-6-12(25)14(28)16(30)21(31-6)35-20-13(26-2)15(29)18-11(32-20)5-9(24)19(34-18)33-17-8(23)3-7(22)4-10(17)27/h6-21,26-30H,3-5,22-25H2,1-2H3/t6?,7-,8?,9?,10?,11+,12-,13?,14?,15?,16?,17-,18?,19+,20?,21-/m1/s1. The molecule has 0 aromatic carbocycles. The third-order valence-corrected chi connectivity index (χ3v) is 7.55. The van der Waals surface area contributed by atoms with Crippen LogP contribution in [-0.2, 0) is 23.7 Å². The molecule has 0 bridgehead atoms. The minimum atomic E-state index is -1.40. The zero-order valence-corrected chi connectivity index (χ0v) is 20.0. The van der Waals surface area contributed by atoms with Gasteiger partial charge in [-0.25, -0.2) is 0 Å². The molecule has 0 aromatic rings. The van der Waals surface area contributed by atoms with Crippen LogP contribution < -0.4 is 28.3 Å². The monoisotopic (exact) mass is 507 g/mol. The Morgan fingerprint density at radius 2 is 1.49 bits per heavy atom. The van der Waals surface area contributed by atoms with E-state index in [1.165, 1.54) is 0 Å². The molecule has 3 aliphatic heterocycles. The first-order chi connectivity index (χ1) is 16.5. The number of nitrogens with two attached hydrogens (primary N) is 4. The summed E-state index contributed by atoms with van der Waals surface area (Å²) in [6.45, 7) is 1.66. The van der Waals surface area contributed by atoms with Crippen LogP contribution in [0.1, 0.15) is 26.2 Å². The molecule has 13 N–H and O–H groups in total. The van der Waals surface area contributed by atoms with Crippen molar-refractivity contribution in [3.05, 3.63) is 0 Å². The summed E-state index contributed by atoms with van der Waals surface area (Å²) in [5, 5.41) is 45.1. The van der Waals surface area contributed by atoms with Crippen LogP contribution in [0.4, 0.5) is 0 Å². The molecule has 3 saturated heterocycles. The fraction of sp³-hybridized carbons (Fsp3) is 1.00. The fourth-order valence-corrected chi connectivity index (χ4v) is 5.42. The van der Waals surface area contributed by atoms with Crippen molar-refractivity contribution in [3.63, 3.8) is 0 Å². The maximum atomic E-state index is 11.1. The Kier molecular flexibility index (Phi) is 8.67. The molecule has 4 rings (SSSR count). The smallest absolute Gasteiger partial charge is 0.189 e. The van der Waals surface area contributed by atoms with Crippen molar-refractivity contribution in [3.8, 4) is 0 Å². The van der Waals surface area contributed by atoms with Gasteiger partial charge in [0.25, 0.3) is 0 Å². The maximum Gasteiger partial charge on any atom is 0.189 e. The van der Waals surface area contributed by atoms with Crippen LogP contribution in [0.5, 0.6) is 0 Å². The summed E-state index contributed by atoms with van der Waals surface area (Å²) < 4.78 is 29.6. The molecular formula is C21H41N5O9. The Labute approximate surface area is 204 Å². The molecule has 35 heavy (non-hydrogen) atoms. The Morgan fingerprint density at radius 1 is 0.771 bits per heavy atom. The molecule has 0 aromatic heterocycles. The van der Waals surface area contributed by atoms with Crippen LogP contribution in [0.3, 0.4) is 0 Å². The van der Waals surface area contributed by atoms with Crippen LogP contribution >= 0.6 is 0 Å². The second-order valence-electron chi connectivity index (χ2n) is 10.2. The lowest BCUT2D eigenvalue weighted by Gasteiger charge is -2.51. The molecule has 4 aliphatic rings. The zero-order valence-electron chi connectivity index (χ0n) is 20.0. The minimum Gasteiger partial charge on any atom is -0.390 e. The summed E-state index contributed by atoms with van der Waals surface area (Å²) in [7, 11) is 1.61. The molecule has 14 nitrogen and oxygen atoms in total. The van der Waals surface area contributed by atoms with E-state index in [1.807, 2.05) is 0 Å². The van der Waals surface area contributed by atoms with Crippen molar-refractivity contribution in [1.29, 1.82) is 0 Å². The summed E-state index contributed by atoms with van der Waals surface area (Å²) in [6.07, 6.45) is -9.45. The Hall–Kier alpha value is -0.560. The SMILES string of the molecule is CNC1C(O[C@H]2OC(C)[C@@H](N)C(O)C2O)O[C@H]2CC(N)[C@@H](O[C@@H]3C(N)C[C@@H](N)CC3O)OC2C1O. The molecule has 14 heteroatoms. The Morgan fingerprint density at radius 3 is 2.14 bits per heavy atom. The first-order valence-electron chi connectivity index (χ1n) is 12.2. The summed E-state index contributed by atoms with van der Waals surface area (Å²) in [5.41, 5.74) is 24.2. The Bertz CT molecular complexity index is 698. The number of rotatable bonds is 5. The number of nitrogens with one attached hydrogen (secondary N) is 1. The van der Waals surface area contributed by atoms with Crippen molar-refractivity contribution < 1.29 is 44.1 Å². The third kappa shape index (κ3) is 5.51. The molecule has 16 atom stereocenters. The molecule has 1 saturated carbocycles. The first-order valence-corrected chi connectivity index (χ1v) is 12.2. The summed E-state index contributed by atoms with van der Waals surface area (Å²) in [4.78, 5) is 0. The topological polar surface area (TPSA) is 243 Å². The second kappa shape index (κ2) is 11.0. The number of ether oxygens (including phenoxy) is 5. The highest BCUT2D eigenvalue weighted by Crippen LogP contribution is 2.35. The number of hydrogen-bond acceptors (Lipinski definition) is 14. The number of fused-ring (bicyclic) bond motifs is 1. The van der Waals surface area contributed by atoms with Crippen molar-refractivity contribution >= 4 is 0 Å². The van der Waals surface area contributed by atoms with Crippen molar-refractivity contribution in [1.82, 2.24) is 5.32 Å². The van der Waals surface area contributed by atoms with E-state index in [2.05, 4.69) is 5.32 Å². The van der Waals surface area contributed by atoms with Crippen LogP contribution in [0.25, 0.3) is 0 Å². The van der Waals surface area contributed by atoms with E-state index in [0.717, 1.165) is 0 Å². The molecule has 0 amide bonds. The number of hydrogen-bond donors (Lipinski definition) is 9. The minimum absolute atomic E-state index is 0.210. The maximum absolute atomic E-state index is 11.1. The molecule has 10 unspecified atom stereocenters. The fourth-order valence-electron chi connectivity index (χ4n) is 5.42. The lowest BCUT2D eigenvalue weighted by molar-refractivity contribution is -0.370. The zero-order chi connectivity index (χ0) is 25.6. The quantitative estimate of drug-likeness (QED) is 0.169. The van der Waals surface area contributed by atoms with Crippen LogP contribution in [-0.4, -0.2) is 125 Å². The number of aliphatic hydroxyl groups is 4. The molecule has 4 fully saturated rings. The van der Waals surface area contributed by atoms with Gasteiger partial charge < -0.3 is 72.4 Å². The van der Waals surface area contributed by atoms with Crippen molar-refractivity contribution in [2.45, 2.75) is 124 Å². The van der Waals surface area contributed by atoms with E-state index in [-0.39, 0.29) is 12.5 Å². The molecular weight excluding hydrogens is 466 g/mol. The largest absolute Gasteiger partial charge is 0.390 e. The van der Waals surface area contributed by atoms with Crippen molar-refractivity contribution in [2.24, 2.45) is 22.9 Å². The lowest BCUT2D eigenvalue weighted by Crippen LogP contribution is -2.69. The molecule has 0 spiro atoms. The Balaban J connectivity index is 1.42. The summed E-state index contributed by atoms with van der Waals surface area (Å²) >= 11 is 0. The predicted octanol–water partition coefficient (Wildman–Crippen LogP) is -4.89. The lowest BCUT2D eigenvalue weighted by atomic mass is 9.86. The van der Waals surface area contributed by atoms with Crippen LogP contribution in [0, 0.1) is 0 Å². The van der Waals surface area contributed by atoms with Gasteiger partial charge >= 0.3 is 0 Å². The molecule has 0 radical (unpaired) electrons. The van der Waals surface area contributed by atoms with Gasteiger partial charge in [0.1, 0.15) is 30.5 Å². The van der Waals surface area contributed by atoms with E-state index in [4.69, 9.17) is 46.6 Å².